The second kappa shape index (κ2) is 6.55. The quantitative estimate of drug-likeness (QED) is 0.487. The Morgan fingerprint density at radius 3 is 2.53 bits per heavy atom. The Labute approximate surface area is 104 Å². The van der Waals surface area contributed by atoms with E-state index in [1.807, 2.05) is 25.2 Å². The fourth-order valence-electron chi connectivity index (χ4n) is 1.37. The van der Waals surface area contributed by atoms with Crippen molar-refractivity contribution in [3.8, 4) is 11.8 Å². The van der Waals surface area contributed by atoms with Crippen LogP contribution in [0.25, 0.3) is 0 Å². The van der Waals surface area contributed by atoms with Crippen molar-refractivity contribution in [3.05, 3.63) is 72.4 Å². The van der Waals surface area contributed by atoms with E-state index in [1.54, 1.807) is 0 Å². The molecule has 86 valence electrons. The van der Waals surface area contributed by atoms with Crippen LogP contribution in [0.3, 0.4) is 0 Å². The molecule has 0 heterocycles. The van der Waals surface area contributed by atoms with Crippen LogP contribution in [-0.4, -0.2) is 0 Å². The van der Waals surface area contributed by atoms with Gasteiger partial charge in [-0.15, -0.1) is 0 Å². The molecule has 17 heavy (non-hydrogen) atoms. The third-order valence-electron chi connectivity index (χ3n) is 2.40. The molecule has 0 saturated carbocycles. The molecule has 0 saturated heterocycles. The van der Waals surface area contributed by atoms with Crippen molar-refractivity contribution in [2.75, 3.05) is 0 Å². The molecule has 0 radical (unpaired) electrons. The van der Waals surface area contributed by atoms with E-state index in [1.165, 1.54) is 5.57 Å². The zero-order chi connectivity index (χ0) is 12.7. The average Bonchev–Trinajstić information content (AvgIpc) is 2.34. The van der Waals surface area contributed by atoms with Crippen LogP contribution in [0.1, 0.15) is 19.8 Å². The molecule has 0 nitrogen and oxygen atoms in total. The number of allylic oxidation sites excluding steroid dienone is 9. The van der Waals surface area contributed by atoms with Gasteiger partial charge in [0.05, 0.1) is 0 Å². The van der Waals surface area contributed by atoms with Gasteiger partial charge in [-0.05, 0) is 31.4 Å². The highest BCUT2D eigenvalue weighted by Crippen LogP contribution is 2.18. The fourth-order valence-corrected chi connectivity index (χ4v) is 1.37. The summed E-state index contributed by atoms with van der Waals surface area (Å²) in [4.78, 5) is 0. The summed E-state index contributed by atoms with van der Waals surface area (Å²) in [5.74, 6) is 6.19. The van der Waals surface area contributed by atoms with Crippen molar-refractivity contribution in [2.45, 2.75) is 19.8 Å². The van der Waals surface area contributed by atoms with Crippen LogP contribution in [0, 0.1) is 11.8 Å². The van der Waals surface area contributed by atoms with Crippen LogP contribution in [0.4, 0.5) is 0 Å². The van der Waals surface area contributed by atoms with Gasteiger partial charge < -0.3 is 0 Å². The molecule has 0 fully saturated rings. The highest BCUT2D eigenvalue weighted by molar-refractivity contribution is 5.45. The summed E-state index contributed by atoms with van der Waals surface area (Å²) in [6.45, 7) is 13.4. The largest absolute Gasteiger partial charge is 0.0988 e. The highest BCUT2D eigenvalue weighted by Gasteiger charge is 2.00. The van der Waals surface area contributed by atoms with E-state index >= 15 is 0 Å². The van der Waals surface area contributed by atoms with Crippen LogP contribution in [0.2, 0.25) is 0 Å². The van der Waals surface area contributed by atoms with Crippen molar-refractivity contribution >= 4 is 0 Å². The number of hydrogen-bond donors (Lipinski definition) is 0. The Morgan fingerprint density at radius 1 is 1.24 bits per heavy atom. The van der Waals surface area contributed by atoms with Gasteiger partial charge in [0, 0.05) is 11.1 Å². The summed E-state index contributed by atoms with van der Waals surface area (Å²) in [5, 5.41) is 0. The maximum absolute atomic E-state index is 3.88. The van der Waals surface area contributed by atoms with Gasteiger partial charge in [-0.3, -0.25) is 0 Å². The number of rotatable bonds is 3. The second-order valence-corrected chi connectivity index (χ2v) is 4.09. The van der Waals surface area contributed by atoms with Crippen molar-refractivity contribution < 1.29 is 0 Å². The first-order valence-electron chi connectivity index (χ1n) is 5.68. The lowest BCUT2D eigenvalue weighted by atomic mass is 9.98. The molecular formula is C17H18. The molecule has 0 heteroatoms. The van der Waals surface area contributed by atoms with Gasteiger partial charge in [0.2, 0.25) is 0 Å². The molecule has 1 aliphatic rings. The first-order chi connectivity index (χ1) is 8.11. The predicted octanol–water partition coefficient (Wildman–Crippen LogP) is 4.51. The Balaban J connectivity index is 2.65. The van der Waals surface area contributed by atoms with Crippen molar-refractivity contribution in [1.82, 2.24) is 0 Å². The maximum atomic E-state index is 3.88. The minimum atomic E-state index is 0.812. The van der Waals surface area contributed by atoms with E-state index < -0.39 is 0 Å². The standard InChI is InChI=1S/C17H18/c1-5-16-10-12-17(13-11-16)9-8-15(4)7-6-14(2)3/h5-7,10,12H,1-2,4,11,13H2,3H3/b7-6-. The molecule has 1 aliphatic carbocycles. The van der Waals surface area contributed by atoms with E-state index in [-0.39, 0.29) is 0 Å². The van der Waals surface area contributed by atoms with Crippen LogP contribution in [-0.2, 0) is 0 Å². The molecular weight excluding hydrogens is 204 g/mol. The Kier molecular flexibility index (Phi) is 5.04. The molecule has 1 rings (SSSR count). The molecule has 0 spiro atoms. The summed E-state index contributed by atoms with van der Waals surface area (Å²) >= 11 is 0. The first kappa shape index (κ1) is 13.1. The first-order valence-corrected chi connectivity index (χ1v) is 5.68. The molecule has 0 aromatic rings. The van der Waals surface area contributed by atoms with Gasteiger partial charge in [-0.25, -0.2) is 0 Å². The van der Waals surface area contributed by atoms with Crippen molar-refractivity contribution in [3.63, 3.8) is 0 Å². The fraction of sp³-hybridized carbons (Fsp3) is 0.176. The lowest BCUT2D eigenvalue weighted by Crippen LogP contribution is -1.89. The minimum Gasteiger partial charge on any atom is -0.0988 e. The Bertz CT molecular complexity index is 482. The minimum absolute atomic E-state index is 0.812. The number of hydrogen-bond acceptors (Lipinski definition) is 0. The lowest BCUT2D eigenvalue weighted by Gasteiger charge is -2.06. The lowest BCUT2D eigenvalue weighted by molar-refractivity contribution is 0.960. The monoisotopic (exact) mass is 222 g/mol. The van der Waals surface area contributed by atoms with E-state index in [0.29, 0.717) is 0 Å². The van der Waals surface area contributed by atoms with Crippen LogP contribution < -0.4 is 0 Å². The summed E-state index contributed by atoms with van der Waals surface area (Å²) < 4.78 is 0. The zero-order valence-corrected chi connectivity index (χ0v) is 10.4. The third kappa shape index (κ3) is 5.04. The van der Waals surface area contributed by atoms with Crippen LogP contribution >= 0.6 is 0 Å². The summed E-state index contributed by atoms with van der Waals surface area (Å²) in [6.07, 6.45) is 11.9. The summed E-state index contributed by atoms with van der Waals surface area (Å²) in [6, 6.07) is 0. The van der Waals surface area contributed by atoms with E-state index in [0.717, 1.165) is 29.6 Å². The van der Waals surface area contributed by atoms with Gasteiger partial charge in [-0.1, -0.05) is 61.5 Å². The van der Waals surface area contributed by atoms with E-state index in [2.05, 4.69) is 43.7 Å². The SMILES string of the molecule is C=CC1=CC=C(C#CC(=C)/C=C\C(=C)C)CC1. The molecule has 0 unspecified atom stereocenters. The second-order valence-electron chi connectivity index (χ2n) is 4.09. The maximum Gasteiger partial charge on any atom is 0.0177 e. The van der Waals surface area contributed by atoms with Gasteiger partial charge in [0.15, 0.2) is 0 Å². The van der Waals surface area contributed by atoms with E-state index in [9.17, 15) is 0 Å². The Hall–Kier alpha value is -2.00. The topological polar surface area (TPSA) is 0 Å². The molecule has 0 atom stereocenters. The highest BCUT2D eigenvalue weighted by atomic mass is 14.0. The molecule has 0 bridgehead atoms. The molecule has 0 aliphatic heterocycles. The molecule has 0 aromatic carbocycles. The van der Waals surface area contributed by atoms with Gasteiger partial charge >= 0.3 is 0 Å². The summed E-state index contributed by atoms with van der Waals surface area (Å²) in [7, 11) is 0. The zero-order valence-electron chi connectivity index (χ0n) is 10.4. The van der Waals surface area contributed by atoms with Crippen LogP contribution in [0.15, 0.2) is 72.4 Å². The predicted molar refractivity (Wildman–Crippen MR) is 76.5 cm³/mol. The third-order valence-corrected chi connectivity index (χ3v) is 2.40. The molecule has 0 N–H and O–H groups in total. The Morgan fingerprint density at radius 2 is 2.00 bits per heavy atom. The van der Waals surface area contributed by atoms with Crippen LogP contribution in [0.5, 0.6) is 0 Å². The van der Waals surface area contributed by atoms with Gasteiger partial charge in [-0.2, -0.15) is 0 Å². The summed E-state index contributed by atoms with van der Waals surface area (Å²) in [5.41, 5.74) is 4.24. The van der Waals surface area contributed by atoms with Gasteiger partial charge in [0.1, 0.15) is 0 Å². The molecule has 0 amide bonds. The smallest absolute Gasteiger partial charge is 0.0177 e. The van der Waals surface area contributed by atoms with E-state index in [4.69, 9.17) is 0 Å². The normalized spacial score (nSPS) is 14.4. The average molecular weight is 222 g/mol. The van der Waals surface area contributed by atoms with Crippen molar-refractivity contribution in [1.29, 1.82) is 0 Å². The van der Waals surface area contributed by atoms with Crippen molar-refractivity contribution in [2.24, 2.45) is 0 Å². The molecule has 0 aromatic heterocycles. The van der Waals surface area contributed by atoms with Gasteiger partial charge in [0.25, 0.3) is 0 Å².